The zero-order valence-corrected chi connectivity index (χ0v) is 13.3. The fourth-order valence-corrected chi connectivity index (χ4v) is 3.08. The van der Waals surface area contributed by atoms with Gasteiger partial charge in [-0.2, -0.15) is 5.10 Å². The van der Waals surface area contributed by atoms with Crippen molar-refractivity contribution in [3.05, 3.63) is 34.7 Å². The molecule has 1 aromatic carbocycles. The van der Waals surface area contributed by atoms with Gasteiger partial charge in [-0.15, -0.1) is 0 Å². The predicted octanol–water partition coefficient (Wildman–Crippen LogP) is 2.19. The molecule has 2 aromatic rings. The Bertz CT molecular complexity index is 711. The number of likely N-dealkylation sites (tertiary alicyclic amines) is 1. The molecule has 1 aromatic heterocycles. The van der Waals surface area contributed by atoms with E-state index in [0.29, 0.717) is 18.0 Å². The van der Waals surface area contributed by atoms with Crippen molar-refractivity contribution in [1.29, 1.82) is 0 Å². The lowest BCUT2D eigenvalue weighted by molar-refractivity contribution is 0.230. The van der Waals surface area contributed by atoms with Crippen LogP contribution in [-0.4, -0.2) is 40.4 Å². The molecule has 1 saturated heterocycles. The number of hydrogen-bond acceptors (Lipinski definition) is 4. The topological polar surface area (TPSA) is 47.4 Å². The van der Waals surface area contributed by atoms with Gasteiger partial charge in [0, 0.05) is 25.0 Å². The molecule has 0 bridgehead atoms. The molecule has 2 heterocycles. The third kappa shape index (κ3) is 3.14. The largest absolute Gasteiger partial charge is 0.494 e. The molecule has 3 rings (SSSR count). The number of aryl methyl sites for hydroxylation is 1. The number of ether oxygens (including phenoxy) is 1. The second-order valence-corrected chi connectivity index (χ2v) is 6.05. The summed E-state index contributed by atoms with van der Waals surface area (Å²) in [5.74, 6) is 0.755. The summed E-state index contributed by atoms with van der Waals surface area (Å²) in [5, 5.41) is 5.53. The summed E-state index contributed by atoms with van der Waals surface area (Å²) >= 11 is 0. The smallest absolute Gasteiger partial charge is 0.274 e. The van der Waals surface area contributed by atoms with E-state index in [-0.39, 0.29) is 5.56 Å². The molecular formula is C17H23N3O2. The van der Waals surface area contributed by atoms with Crippen molar-refractivity contribution >= 4 is 10.8 Å². The Balaban J connectivity index is 1.60. The van der Waals surface area contributed by atoms with Gasteiger partial charge < -0.3 is 9.64 Å². The van der Waals surface area contributed by atoms with Crippen molar-refractivity contribution in [3.63, 3.8) is 0 Å². The van der Waals surface area contributed by atoms with Crippen molar-refractivity contribution in [2.24, 2.45) is 7.05 Å². The first-order valence-electron chi connectivity index (χ1n) is 7.98. The van der Waals surface area contributed by atoms with Gasteiger partial charge in [0.15, 0.2) is 0 Å². The van der Waals surface area contributed by atoms with Crippen LogP contribution in [0.25, 0.3) is 10.8 Å². The number of rotatable bonds is 5. The molecule has 1 unspecified atom stereocenters. The quantitative estimate of drug-likeness (QED) is 0.794. The molecule has 5 heteroatoms. The van der Waals surface area contributed by atoms with E-state index in [0.717, 1.165) is 24.1 Å². The van der Waals surface area contributed by atoms with Gasteiger partial charge in [0.2, 0.25) is 0 Å². The van der Waals surface area contributed by atoms with E-state index in [1.807, 2.05) is 18.2 Å². The van der Waals surface area contributed by atoms with Crippen LogP contribution in [0.2, 0.25) is 0 Å². The van der Waals surface area contributed by atoms with Gasteiger partial charge in [-0.3, -0.25) is 4.79 Å². The summed E-state index contributed by atoms with van der Waals surface area (Å²) in [6.07, 6.45) is 5.33. The molecule has 1 aliphatic heterocycles. The van der Waals surface area contributed by atoms with E-state index in [1.54, 1.807) is 13.2 Å². The monoisotopic (exact) mass is 301 g/mol. The summed E-state index contributed by atoms with van der Waals surface area (Å²) in [6.45, 7) is 5.27. The summed E-state index contributed by atoms with van der Waals surface area (Å²) in [5.41, 5.74) is -0.0890. The first-order valence-corrected chi connectivity index (χ1v) is 7.98. The average molecular weight is 301 g/mol. The van der Waals surface area contributed by atoms with Crippen LogP contribution in [0.15, 0.2) is 29.2 Å². The van der Waals surface area contributed by atoms with E-state index < -0.39 is 0 Å². The number of nitrogens with zero attached hydrogens (tertiary/aromatic N) is 3. The maximum absolute atomic E-state index is 12.1. The second-order valence-electron chi connectivity index (χ2n) is 6.05. The van der Waals surface area contributed by atoms with Crippen molar-refractivity contribution in [1.82, 2.24) is 14.7 Å². The molecule has 1 atom stereocenters. The minimum Gasteiger partial charge on any atom is -0.494 e. The highest BCUT2D eigenvalue weighted by Gasteiger charge is 2.19. The summed E-state index contributed by atoms with van der Waals surface area (Å²) in [4.78, 5) is 14.6. The molecule has 22 heavy (non-hydrogen) atoms. The van der Waals surface area contributed by atoms with Gasteiger partial charge in [0.25, 0.3) is 5.56 Å². The maximum Gasteiger partial charge on any atom is 0.274 e. The highest BCUT2D eigenvalue weighted by molar-refractivity contribution is 5.82. The molecule has 0 saturated carbocycles. The van der Waals surface area contributed by atoms with E-state index >= 15 is 0 Å². The van der Waals surface area contributed by atoms with Gasteiger partial charge in [0.05, 0.1) is 18.2 Å². The highest BCUT2D eigenvalue weighted by atomic mass is 16.5. The Morgan fingerprint density at radius 3 is 3.05 bits per heavy atom. The first-order chi connectivity index (χ1) is 10.6. The van der Waals surface area contributed by atoms with Crippen LogP contribution in [0.5, 0.6) is 5.75 Å². The molecule has 0 N–H and O–H groups in total. The Labute approximate surface area is 130 Å². The number of hydrogen-bond donors (Lipinski definition) is 0. The van der Waals surface area contributed by atoms with Crippen LogP contribution in [-0.2, 0) is 7.05 Å². The molecular weight excluding hydrogens is 278 g/mol. The number of aromatic nitrogens is 2. The molecule has 0 radical (unpaired) electrons. The molecule has 1 aliphatic rings. The van der Waals surface area contributed by atoms with Crippen LogP contribution in [0.1, 0.15) is 26.2 Å². The van der Waals surface area contributed by atoms with E-state index in [4.69, 9.17) is 4.74 Å². The van der Waals surface area contributed by atoms with Gasteiger partial charge in [-0.05, 0) is 50.9 Å². The third-order valence-corrected chi connectivity index (χ3v) is 4.47. The van der Waals surface area contributed by atoms with Crippen LogP contribution < -0.4 is 10.3 Å². The number of benzene rings is 1. The van der Waals surface area contributed by atoms with Gasteiger partial charge in [0.1, 0.15) is 5.75 Å². The SMILES string of the molecule is CC1CCCN1CCCOc1ccc2cnn(C)c(=O)c2c1. The van der Waals surface area contributed by atoms with Crippen LogP contribution in [0.3, 0.4) is 0 Å². The van der Waals surface area contributed by atoms with Crippen LogP contribution in [0, 0.1) is 0 Å². The maximum atomic E-state index is 12.1. The van der Waals surface area contributed by atoms with Crippen LogP contribution >= 0.6 is 0 Å². The minimum atomic E-state index is -0.0890. The Morgan fingerprint density at radius 1 is 1.41 bits per heavy atom. The molecule has 5 nitrogen and oxygen atoms in total. The highest BCUT2D eigenvalue weighted by Crippen LogP contribution is 2.19. The fourth-order valence-electron chi connectivity index (χ4n) is 3.08. The number of fused-ring (bicyclic) bond motifs is 1. The van der Waals surface area contributed by atoms with Gasteiger partial charge in [-0.1, -0.05) is 0 Å². The van der Waals surface area contributed by atoms with Gasteiger partial charge >= 0.3 is 0 Å². The predicted molar refractivity (Wildman–Crippen MR) is 87.4 cm³/mol. The lowest BCUT2D eigenvalue weighted by Crippen LogP contribution is -2.28. The van der Waals surface area contributed by atoms with E-state index in [2.05, 4.69) is 16.9 Å². The van der Waals surface area contributed by atoms with E-state index in [9.17, 15) is 4.79 Å². The van der Waals surface area contributed by atoms with Crippen molar-refractivity contribution < 1.29 is 4.74 Å². The minimum absolute atomic E-state index is 0.0890. The van der Waals surface area contributed by atoms with Crippen molar-refractivity contribution in [2.45, 2.75) is 32.2 Å². The average Bonchev–Trinajstić information content (AvgIpc) is 2.93. The summed E-state index contributed by atoms with van der Waals surface area (Å²) < 4.78 is 7.16. The Morgan fingerprint density at radius 2 is 2.27 bits per heavy atom. The normalized spacial score (nSPS) is 18.9. The lowest BCUT2D eigenvalue weighted by atomic mass is 10.2. The second kappa shape index (κ2) is 6.48. The van der Waals surface area contributed by atoms with Gasteiger partial charge in [-0.25, -0.2) is 4.68 Å². The fraction of sp³-hybridized carbons (Fsp3) is 0.529. The molecule has 0 spiro atoms. The van der Waals surface area contributed by atoms with Crippen molar-refractivity contribution in [2.75, 3.05) is 19.7 Å². The Kier molecular flexibility index (Phi) is 4.43. The Hall–Kier alpha value is -1.88. The lowest BCUT2D eigenvalue weighted by Gasteiger charge is -2.20. The van der Waals surface area contributed by atoms with E-state index in [1.165, 1.54) is 24.1 Å². The third-order valence-electron chi connectivity index (χ3n) is 4.47. The summed E-state index contributed by atoms with van der Waals surface area (Å²) in [6, 6.07) is 6.32. The molecule has 1 fully saturated rings. The zero-order valence-electron chi connectivity index (χ0n) is 13.3. The van der Waals surface area contributed by atoms with Crippen LogP contribution in [0.4, 0.5) is 0 Å². The molecule has 0 amide bonds. The summed E-state index contributed by atoms with van der Waals surface area (Å²) in [7, 11) is 1.66. The zero-order chi connectivity index (χ0) is 15.5. The first kappa shape index (κ1) is 15.0. The van der Waals surface area contributed by atoms with Crippen molar-refractivity contribution in [3.8, 4) is 5.75 Å². The molecule has 0 aliphatic carbocycles. The molecule has 118 valence electrons. The standard InChI is InChI=1S/C17H23N3O2/c1-13-5-3-8-20(13)9-4-10-22-15-7-6-14-12-18-19(2)17(21)16(14)11-15/h6-7,11-13H,3-5,8-10H2,1-2H3.